The number of pyridine rings is 1. The van der Waals surface area contributed by atoms with Crippen LogP contribution < -0.4 is 5.32 Å². The van der Waals surface area contributed by atoms with Gasteiger partial charge < -0.3 is 5.32 Å². The lowest BCUT2D eigenvalue weighted by atomic mass is 10.0. The molecule has 0 spiro atoms. The molecular weight excluding hydrogens is 414 g/mol. The first-order valence-corrected chi connectivity index (χ1v) is 8.81. The van der Waals surface area contributed by atoms with Gasteiger partial charge in [0.1, 0.15) is 5.78 Å². The summed E-state index contributed by atoms with van der Waals surface area (Å²) in [6.45, 7) is 2.88. The van der Waals surface area contributed by atoms with Crippen LogP contribution in [0.15, 0.2) is 36.5 Å². The molecule has 0 atom stereocenters. The number of carbonyl (C=O) groups excluding carboxylic acids is 2. The molecule has 1 aromatic heterocycles. The van der Waals surface area contributed by atoms with E-state index in [2.05, 4.69) is 10.3 Å². The first kappa shape index (κ1) is 23.4. The molecule has 0 unspecified atom stereocenters. The fraction of sp³-hybridized carbons (Fsp3) is 0.350. The molecule has 1 aromatic carbocycles. The van der Waals surface area contributed by atoms with Crippen molar-refractivity contribution in [3.63, 3.8) is 0 Å². The van der Waals surface area contributed by atoms with Gasteiger partial charge in [-0.2, -0.15) is 26.3 Å². The van der Waals surface area contributed by atoms with Crippen LogP contribution in [0.2, 0.25) is 0 Å². The number of hydrogen-bond donors (Lipinski definition) is 1. The van der Waals surface area contributed by atoms with Crippen molar-refractivity contribution < 1.29 is 35.9 Å². The van der Waals surface area contributed by atoms with Gasteiger partial charge in [-0.05, 0) is 35.9 Å². The minimum absolute atomic E-state index is 0.00135. The third-order valence-corrected chi connectivity index (χ3v) is 4.18. The van der Waals surface area contributed by atoms with Crippen LogP contribution in [0.3, 0.4) is 0 Å². The smallest absolute Gasteiger partial charge is 0.348 e. The number of aromatic nitrogens is 1. The van der Waals surface area contributed by atoms with Crippen molar-refractivity contribution in [2.45, 2.75) is 39.2 Å². The average molecular weight is 432 g/mol. The second kappa shape index (κ2) is 8.85. The van der Waals surface area contributed by atoms with Gasteiger partial charge in [-0.15, -0.1) is 0 Å². The Hall–Kier alpha value is -2.91. The number of rotatable bonds is 6. The van der Waals surface area contributed by atoms with Gasteiger partial charge in [0, 0.05) is 36.3 Å². The number of halogens is 6. The molecule has 0 saturated carbocycles. The Morgan fingerprint density at radius 3 is 2.03 bits per heavy atom. The van der Waals surface area contributed by atoms with Crippen molar-refractivity contribution in [3.8, 4) is 0 Å². The van der Waals surface area contributed by atoms with Crippen LogP contribution >= 0.6 is 0 Å². The first-order valence-electron chi connectivity index (χ1n) is 8.81. The number of ketones is 1. The molecule has 2 aromatic rings. The number of hydrogen-bond acceptors (Lipinski definition) is 3. The SMILES string of the molecule is CC(C)C(=O)Cc1cc(C(=O)NCc2cc(C(F)(F)F)cc(C(F)(F)F)c2)ccn1. The maximum atomic E-state index is 12.9. The van der Waals surface area contributed by atoms with E-state index in [0.717, 1.165) is 0 Å². The molecule has 0 aliphatic carbocycles. The minimum atomic E-state index is -4.97. The summed E-state index contributed by atoms with van der Waals surface area (Å²) in [5.74, 6) is -1.04. The van der Waals surface area contributed by atoms with E-state index in [-0.39, 0.29) is 35.3 Å². The summed E-state index contributed by atoms with van der Waals surface area (Å²) in [4.78, 5) is 28.1. The summed E-state index contributed by atoms with van der Waals surface area (Å²) in [5, 5.41) is 2.29. The van der Waals surface area contributed by atoms with Crippen LogP contribution in [-0.2, 0) is 30.1 Å². The Morgan fingerprint density at radius 1 is 0.967 bits per heavy atom. The number of carbonyl (C=O) groups is 2. The van der Waals surface area contributed by atoms with Crippen LogP contribution in [0.4, 0.5) is 26.3 Å². The van der Waals surface area contributed by atoms with E-state index in [1.165, 1.54) is 18.3 Å². The minimum Gasteiger partial charge on any atom is -0.348 e. The van der Waals surface area contributed by atoms with Gasteiger partial charge in [0.25, 0.3) is 5.91 Å². The lowest BCUT2D eigenvalue weighted by molar-refractivity contribution is -0.143. The third-order valence-electron chi connectivity index (χ3n) is 4.18. The van der Waals surface area contributed by atoms with Gasteiger partial charge in [0.2, 0.25) is 0 Å². The Kier molecular flexibility index (Phi) is 6.89. The molecule has 0 bridgehead atoms. The van der Waals surface area contributed by atoms with Crippen molar-refractivity contribution in [2.24, 2.45) is 5.92 Å². The number of benzene rings is 1. The van der Waals surface area contributed by atoms with E-state index < -0.39 is 35.9 Å². The monoisotopic (exact) mass is 432 g/mol. The largest absolute Gasteiger partial charge is 0.416 e. The maximum Gasteiger partial charge on any atom is 0.416 e. The fourth-order valence-corrected chi connectivity index (χ4v) is 2.50. The molecular formula is C20H18F6N2O2. The fourth-order valence-electron chi connectivity index (χ4n) is 2.50. The van der Waals surface area contributed by atoms with Gasteiger partial charge >= 0.3 is 12.4 Å². The highest BCUT2D eigenvalue weighted by Crippen LogP contribution is 2.36. The maximum absolute atomic E-state index is 12.9. The number of nitrogens with zero attached hydrogens (tertiary/aromatic N) is 1. The molecule has 162 valence electrons. The molecule has 1 heterocycles. The predicted octanol–water partition coefficient (Wildman–Crippen LogP) is 4.82. The topological polar surface area (TPSA) is 59.1 Å². The van der Waals surface area contributed by atoms with Crippen molar-refractivity contribution in [3.05, 3.63) is 64.5 Å². The zero-order valence-corrected chi connectivity index (χ0v) is 16.0. The molecule has 0 aliphatic heterocycles. The normalized spacial score (nSPS) is 12.2. The molecule has 0 radical (unpaired) electrons. The first-order chi connectivity index (χ1) is 13.8. The summed E-state index contributed by atoms with van der Waals surface area (Å²) in [6.07, 6.45) is -8.64. The number of amides is 1. The highest BCUT2D eigenvalue weighted by molar-refractivity contribution is 5.94. The molecule has 30 heavy (non-hydrogen) atoms. The highest BCUT2D eigenvalue weighted by Gasteiger charge is 2.36. The molecule has 0 fully saturated rings. The second-order valence-corrected chi connectivity index (χ2v) is 6.93. The van der Waals surface area contributed by atoms with Gasteiger partial charge in [-0.1, -0.05) is 13.8 Å². The van der Waals surface area contributed by atoms with E-state index in [1.807, 2.05) is 0 Å². The van der Waals surface area contributed by atoms with E-state index in [4.69, 9.17) is 0 Å². The van der Waals surface area contributed by atoms with Crippen molar-refractivity contribution >= 4 is 11.7 Å². The molecule has 0 saturated heterocycles. The van der Waals surface area contributed by atoms with Crippen molar-refractivity contribution in [2.75, 3.05) is 0 Å². The molecule has 2 rings (SSSR count). The Morgan fingerprint density at radius 2 is 1.53 bits per heavy atom. The van der Waals surface area contributed by atoms with E-state index >= 15 is 0 Å². The number of Topliss-reactive ketones (excluding diaryl/α,β-unsaturated/α-hetero) is 1. The predicted molar refractivity (Wildman–Crippen MR) is 95.4 cm³/mol. The Balaban J connectivity index is 2.19. The highest BCUT2D eigenvalue weighted by atomic mass is 19.4. The van der Waals surface area contributed by atoms with E-state index in [1.54, 1.807) is 13.8 Å². The molecule has 0 aliphatic rings. The summed E-state index contributed by atoms with van der Waals surface area (Å²) in [7, 11) is 0. The standard InChI is InChI=1S/C20H18F6N2O2/c1-11(2)17(29)9-16-7-13(3-4-27-16)18(30)28-10-12-5-14(19(21,22)23)8-15(6-12)20(24,25)26/h3-8,11H,9-10H2,1-2H3,(H,28,30). The average Bonchev–Trinajstić information content (AvgIpc) is 2.64. The Labute approximate surface area is 168 Å². The molecule has 10 heteroatoms. The summed E-state index contributed by atoms with van der Waals surface area (Å²) in [5.41, 5.74) is -2.85. The van der Waals surface area contributed by atoms with Gasteiger partial charge in [0.05, 0.1) is 11.1 Å². The van der Waals surface area contributed by atoms with Gasteiger partial charge in [-0.25, -0.2) is 0 Å². The molecule has 1 N–H and O–H groups in total. The summed E-state index contributed by atoms with van der Waals surface area (Å²) >= 11 is 0. The van der Waals surface area contributed by atoms with Gasteiger partial charge in [0.15, 0.2) is 0 Å². The molecule has 4 nitrogen and oxygen atoms in total. The van der Waals surface area contributed by atoms with Gasteiger partial charge in [-0.3, -0.25) is 14.6 Å². The quantitative estimate of drug-likeness (QED) is 0.666. The Bertz CT molecular complexity index is 903. The van der Waals surface area contributed by atoms with E-state index in [9.17, 15) is 35.9 Å². The number of alkyl halides is 6. The summed E-state index contributed by atoms with van der Waals surface area (Å²) in [6, 6.07) is 3.80. The van der Waals surface area contributed by atoms with Crippen LogP contribution in [0.1, 0.15) is 46.6 Å². The zero-order chi connectivity index (χ0) is 22.7. The van der Waals surface area contributed by atoms with Crippen LogP contribution in [0.5, 0.6) is 0 Å². The van der Waals surface area contributed by atoms with Crippen molar-refractivity contribution in [1.82, 2.24) is 10.3 Å². The lowest BCUT2D eigenvalue weighted by Crippen LogP contribution is -2.24. The van der Waals surface area contributed by atoms with Crippen LogP contribution in [0.25, 0.3) is 0 Å². The number of nitrogens with one attached hydrogen (secondary N) is 1. The van der Waals surface area contributed by atoms with Crippen LogP contribution in [0, 0.1) is 5.92 Å². The van der Waals surface area contributed by atoms with Crippen molar-refractivity contribution in [1.29, 1.82) is 0 Å². The zero-order valence-electron chi connectivity index (χ0n) is 16.0. The van der Waals surface area contributed by atoms with E-state index in [0.29, 0.717) is 17.8 Å². The summed E-state index contributed by atoms with van der Waals surface area (Å²) < 4.78 is 77.5. The lowest BCUT2D eigenvalue weighted by Gasteiger charge is -2.14. The third kappa shape index (κ3) is 6.30. The van der Waals surface area contributed by atoms with Crippen LogP contribution in [-0.4, -0.2) is 16.7 Å². The molecule has 1 amide bonds. The second-order valence-electron chi connectivity index (χ2n) is 6.93.